The lowest BCUT2D eigenvalue weighted by Gasteiger charge is -2.09. The van der Waals surface area contributed by atoms with Gasteiger partial charge >= 0.3 is 0 Å². The number of hydrogen-bond donors (Lipinski definition) is 2. The number of halogens is 1. The Hall–Kier alpha value is -2.70. The van der Waals surface area contributed by atoms with E-state index in [0.717, 1.165) is 21.4 Å². The molecule has 0 aliphatic heterocycles. The van der Waals surface area contributed by atoms with Gasteiger partial charge in [-0.3, -0.25) is 4.79 Å². The average molecular weight is 427 g/mol. The van der Waals surface area contributed by atoms with Crippen LogP contribution in [0, 0.1) is 0 Å². The van der Waals surface area contributed by atoms with E-state index in [2.05, 4.69) is 26.5 Å². The largest absolute Gasteiger partial charge is 0.455 e. The van der Waals surface area contributed by atoms with Crippen LogP contribution < -0.4 is 5.43 Å². The second-order valence-corrected chi connectivity index (χ2v) is 6.88. The lowest BCUT2D eigenvalue weighted by Crippen LogP contribution is -2.18. The zero-order valence-corrected chi connectivity index (χ0v) is 16.1. The van der Waals surface area contributed by atoms with E-state index in [1.165, 1.54) is 6.21 Å². The van der Waals surface area contributed by atoms with Gasteiger partial charge in [0.2, 0.25) is 5.91 Å². The Morgan fingerprint density at radius 2 is 1.85 bits per heavy atom. The number of rotatable bonds is 7. The molecule has 1 heterocycles. The predicted molar refractivity (Wildman–Crippen MR) is 108 cm³/mol. The highest BCUT2D eigenvalue weighted by atomic mass is 79.9. The molecule has 5 nitrogen and oxygen atoms in total. The number of nitrogens with zero attached hydrogens (tertiary/aromatic N) is 1. The molecule has 1 aromatic heterocycles. The van der Waals surface area contributed by atoms with Crippen molar-refractivity contribution in [3.8, 4) is 11.3 Å². The van der Waals surface area contributed by atoms with Gasteiger partial charge in [-0.25, -0.2) is 5.43 Å². The maximum Gasteiger partial charge on any atom is 0.240 e. The van der Waals surface area contributed by atoms with Gasteiger partial charge in [-0.1, -0.05) is 58.4 Å². The van der Waals surface area contributed by atoms with Gasteiger partial charge in [0.05, 0.1) is 12.3 Å². The first kappa shape index (κ1) is 19.1. The van der Waals surface area contributed by atoms with Crippen molar-refractivity contribution in [2.75, 3.05) is 0 Å². The van der Waals surface area contributed by atoms with Crippen LogP contribution in [0.25, 0.3) is 11.3 Å². The van der Waals surface area contributed by atoms with Crippen LogP contribution in [0.5, 0.6) is 0 Å². The lowest BCUT2D eigenvalue weighted by molar-refractivity contribution is -0.121. The minimum atomic E-state index is -0.667. The number of carbonyl (C=O) groups excluding carboxylic acids is 1. The summed E-state index contributed by atoms with van der Waals surface area (Å²) in [6.45, 7) is 0. The monoisotopic (exact) mass is 426 g/mol. The van der Waals surface area contributed by atoms with E-state index < -0.39 is 6.10 Å². The van der Waals surface area contributed by atoms with Crippen LogP contribution in [-0.2, 0) is 4.79 Å². The van der Waals surface area contributed by atoms with E-state index in [4.69, 9.17) is 4.42 Å². The fourth-order valence-electron chi connectivity index (χ4n) is 2.52. The topological polar surface area (TPSA) is 74.8 Å². The predicted octanol–water partition coefficient (Wildman–Crippen LogP) is 4.67. The van der Waals surface area contributed by atoms with Crippen molar-refractivity contribution in [1.29, 1.82) is 0 Å². The van der Waals surface area contributed by atoms with Gasteiger partial charge in [-0.2, -0.15) is 5.10 Å². The van der Waals surface area contributed by atoms with Crippen molar-refractivity contribution in [2.24, 2.45) is 5.10 Å². The molecule has 1 atom stereocenters. The van der Waals surface area contributed by atoms with Gasteiger partial charge in [-0.05, 0) is 36.2 Å². The summed E-state index contributed by atoms with van der Waals surface area (Å²) in [5, 5.41) is 14.0. The fraction of sp³-hybridized carbons (Fsp3) is 0.143. The maximum absolute atomic E-state index is 11.9. The summed E-state index contributed by atoms with van der Waals surface area (Å²) in [4.78, 5) is 11.9. The highest BCUT2D eigenvalue weighted by molar-refractivity contribution is 9.10. The third-order valence-corrected chi connectivity index (χ3v) is 4.49. The number of aliphatic hydroxyl groups is 1. The number of benzene rings is 2. The molecule has 1 amide bonds. The van der Waals surface area contributed by atoms with E-state index in [1.54, 1.807) is 6.07 Å². The van der Waals surface area contributed by atoms with Gasteiger partial charge in [0.1, 0.15) is 11.5 Å². The molecule has 0 aliphatic carbocycles. The SMILES string of the molecule is O=C(CC[C@H](O)c1ccccc1)N/N=C\c1ccc(-c2ccc(Br)cc2)o1. The number of aliphatic hydroxyl groups excluding tert-OH is 1. The standard InChI is InChI=1S/C21H19BrN2O3/c22-17-8-6-16(7-9-17)20-12-10-18(27-20)14-23-24-21(26)13-11-19(25)15-4-2-1-3-5-15/h1-10,12,14,19,25H,11,13H2,(H,24,26)/b23-14-/t19-/m0/s1. The van der Waals surface area contributed by atoms with E-state index in [1.807, 2.05) is 60.7 Å². The van der Waals surface area contributed by atoms with Crippen molar-refractivity contribution >= 4 is 28.1 Å². The number of furan rings is 1. The molecule has 0 bridgehead atoms. The zero-order valence-electron chi connectivity index (χ0n) is 14.5. The Kier molecular flexibility index (Phi) is 6.57. The third kappa shape index (κ3) is 5.64. The first-order valence-corrected chi connectivity index (χ1v) is 9.32. The molecular formula is C21H19BrN2O3. The summed E-state index contributed by atoms with van der Waals surface area (Å²) >= 11 is 3.40. The number of hydrazone groups is 1. The van der Waals surface area contributed by atoms with E-state index >= 15 is 0 Å². The summed E-state index contributed by atoms with van der Waals surface area (Å²) in [7, 11) is 0. The normalized spacial score (nSPS) is 12.2. The van der Waals surface area contributed by atoms with E-state index in [-0.39, 0.29) is 12.3 Å². The van der Waals surface area contributed by atoms with Crippen LogP contribution in [0.1, 0.15) is 30.3 Å². The molecule has 27 heavy (non-hydrogen) atoms. The van der Waals surface area contributed by atoms with Crippen LogP contribution in [0.3, 0.4) is 0 Å². The molecular weight excluding hydrogens is 408 g/mol. The summed E-state index contributed by atoms with van der Waals surface area (Å²) in [5.74, 6) is 1.000. The second kappa shape index (κ2) is 9.30. The molecule has 6 heteroatoms. The van der Waals surface area contributed by atoms with Crippen LogP contribution >= 0.6 is 15.9 Å². The minimum Gasteiger partial charge on any atom is -0.455 e. The first-order valence-electron chi connectivity index (χ1n) is 8.52. The van der Waals surface area contributed by atoms with Gasteiger partial charge in [0, 0.05) is 16.5 Å². The molecule has 2 aromatic carbocycles. The average Bonchev–Trinajstić information content (AvgIpc) is 3.16. The molecule has 3 rings (SSSR count). The highest BCUT2D eigenvalue weighted by Crippen LogP contribution is 2.23. The smallest absolute Gasteiger partial charge is 0.240 e. The molecule has 0 fully saturated rings. The molecule has 0 saturated heterocycles. The molecule has 3 aromatic rings. The summed E-state index contributed by atoms with van der Waals surface area (Å²) in [6.07, 6.45) is 1.29. The summed E-state index contributed by atoms with van der Waals surface area (Å²) in [5.41, 5.74) is 4.20. The number of hydrogen-bond acceptors (Lipinski definition) is 4. The zero-order chi connectivity index (χ0) is 19.1. The van der Waals surface area contributed by atoms with Crippen LogP contribution in [-0.4, -0.2) is 17.2 Å². The van der Waals surface area contributed by atoms with Crippen molar-refractivity contribution in [3.05, 3.63) is 82.5 Å². The quantitative estimate of drug-likeness (QED) is 0.425. The van der Waals surface area contributed by atoms with Crippen LogP contribution in [0.2, 0.25) is 0 Å². The Labute approximate surface area is 165 Å². The molecule has 0 aliphatic rings. The van der Waals surface area contributed by atoms with Gasteiger partial charge in [0.15, 0.2) is 0 Å². The van der Waals surface area contributed by atoms with E-state index in [9.17, 15) is 9.90 Å². The fourth-order valence-corrected chi connectivity index (χ4v) is 2.79. The number of carbonyl (C=O) groups is 1. The molecule has 2 N–H and O–H groups in total. The Morgan fingerprint density at radius 3 is 2.59 bits per heavy atom. The van der Waals surface area contributed by atoms with Gasteiger partial charge in [0.25, 0.3) is 0 Å². The van der Waals surface area contributed by atoms with Gasteiger partial charge < -0.3 is 9.52 Å². The lowest BCUT2D eigenvalue weighted by atomic mass is 10.1. The third-order valence-electron chi connectivity index (χ3n) is 3.97. The van der Waals surface area contributed by atoms with E-state index in [0.29, 0.717) is 12.2 Å². The maximum atomic E-state index is 11.9. The molecule has 0 spiro atoms. The van der Waals surface area contributed by atoms with Crippen LogP contribution in [0.4, 0.5) is 0 Å². The molecule has 0 saturated carbocycles. The van der Waals surface area contributed by atoms with Crippen molar-refractivity contribution < 1.29 is 14.3 Å². The molecule has 0 unspecified atom stereocenters. The summed E-state index contributed by atoms with van der Waals surface area (Å²) in [6, 6.07) is 20.7. The minimum absolute atomic E-state index is 0.176. The highest BCUT2D eigenvalue weighted by Gasteiger charge is 2.09. The molecule has 138 valence electrons. The van der Waals surface area contributed by atoms with Crippen molar-refractivity contribution in [3.63, 3.8) is 0 Å². The number of amides is 1. The number of nitrogens with one attached hydrogen (secondary N) is 1. The van der Waals surface area contributed by atoms with Crippen molar-refractivity contribution in [1.82, 2.24) is 5.43 Å². The van der Waals surface area contributed by atoms with Crippen LogP contribution in [0.15, 0.2) is 80.7 Å². The van der Waals surface area contributed by atoms with Crippen molar-refractivity contribution in [2.45, 2.75) is 18.9 Å². The molecule has 0 radical (unpaired) electrons. The van der Waals surface area contributed by atoms with Gasteiger partial charge in [-0.15, -0.1) is 0 Å². The second-order valence-electron chi connectivity index (χ2n) is 5.97. The Balaban J connectivity index is 1.47. The first-order chi connectivity index (χ1) is 13.1. The Bertz CT molecular complexity index is 905. The summed E-state index contributed by atoms with van der Waals surface area (Å²) < 4.78 is 6.69. The Morgan fingerprint density at radius 1 is 1.11 bits per heavy atom.